The first-order valence-electron chi connectivity index (χ1n) is 5.90. The molecular weight excluding hydrogens is 212 g/mol. The van der Waals surface area contributed by atoms with Gasteiger partial charge in [0.05, 0.1) is 0 Å². The molecule has 0 spiro atoms. The van der Waals surface area contributed by atoms with Crippen molar-refractivity contribution in [1.82, 2.24) is 4.90 Å². The van der Waals surface area contributed by atoms with Crippen LogP contribution in [0.15, 0.2) is 43.0 Å². The Hall–Kier alpha value is -1.61. The molecule has 2 N–H and O–H groups in total. The molecule has 1 amide bonds. The summed E-state index contributed by atoms with van der Waals surface area (Å²) >= 11 is 0. The number of hydrogen-bond acceptors (Lipinski definition) is 2. The summed E-state index contributed by atoms with van der Waals surface area (Å²) in [4.78, 5) is 13.7. The first kappa shape index (κ1) is 13.5. The zero-order valence-corrected chi connectivity index (χ0v) is 10.1. The van der Waals surface area contributed by atoms with Crippen LogP contribution in [0.25, 0.3) is 0 Å². The molecule has 0 aliphatic carbocycles. The molecule has 1 aromatic rings. The third-order valence-electron chi connectivity index (χ3n) is 2.53. The molecule has 92 valence electrons. The number of carbonyl (C=O) groups is 1. The first-order chi connectivity index (χ1) is 8.27. The van der Waals surface area contributed by atoms with E-state index in [1.165, 1.54) is 0 Å². The lowest BCUT2D eigenvalue weighted by Gasteiger charge is -2.22. The normalized spacial score (nSPS) is 9.94. The summed E-state index contributed by atoms with van der Waals surface area (Å²) in [6.45, 7) is 5.35. The topological polar surface area (TPSA) is 46.3 Å². The Morgan fingerprint density at radius 1 is 1.35 bits per heavy atom. The predicted octanol–water partition coefficient (Wildman–Crippen LogP) is 1.94. The monoisotopic (exact) mass is 232 g/mol. The van der Waals surface area contributed by atoms with Gasteiger partial charge in [0.2, 0.25) is 5.91 Å². The van der Waals surface area contributed by atoms with Gasteiger partial charge in [-0.25, -0.2) is 0 Å². The molecule has 0 aliphatic rings. The second-order valence-corrected chi connectivity index (χ2v) is 3.92. The van der Waals surface area contributed by atoms with E-state index in [2.05, 4.69) is 6.58 Å². The molecule has 0 heterocycles. The van der Waals surface area contributed by atoms with Gasteiger partial charge in [0.1, 0.15) is 0 Å². The quantitative estimate of drug-likeness (QED) is 0.730. The van der Waals surface area contributed by atoms with Crippen LogP contribution in [0.1, 0.15) is 18.4 Å². The van der Waals surface area contributed by atoms with Crippen molar-refractivity contribution in [1.29, 1.82) is 0 Å². The number of benzene rings is 1. The Bertz CT molecular complexity index is 348. The van der Waals surface area contributed by atoms with Crippen LogP contribution in [0.3, 0.4) is 0 Å². The molecule has 17 heavy (non-hydrogen) atoms. The Balaban J connectivity index is 2.59. The zero-order chi connectivity index (χ0) is 12.5. The van der Waals surface area contributed by atoms with Gasteiger partial charge in [-0.2, -0.15) is 0 Å². The summed E-state index contributed by atoms with van der Waals surface area (Å²) in [7, 11) is 0. The highest BCUT2D eigenvalue weighted by Crippen LogP contribution is 2.06. The van der Waals surface area contributed by atoms with Crippen molar-refractivity contribution >= 4 is 5.91 Å². The van der Waals surface area contributed by atoms with Crippen LogP contribution >= 0.6 is 0 Å². The molecule has 0 bridgehead atoms. The maximum absolute atomic E-state index is 11.9. The van der Waals surface area contributed by atoms with Crippen LogP contribution in [0, 0.1) is 0 Å². The van der Waals surface area contributed by atoms with Crippen LogP contribution < -0.4 is 5.73 Å². The van der Waals surface area contributed by atoms with Crippen molar-refractivity contribution in [3.63, 3.8) is 0 Å². The Kier molecular flexibility index (Phi) is 6.04. The maximum atomic E-state index is 11.9. The number of allylic oxidation sites excluding steroid dienone is 1. The average molecular weight is 232 g/mol. The minimum absolute atomic E-state index is 0.138. The second kappa shape index (κ2) is 7.63. The highest BCUT2D eigenvalue weighted by molar-refractivity contribution is 5.76. The highest BCUT2D eigenvalue weighted by Gasteiger charge is 2.11. The third-order valence-corrected chi connectivity index (χ3v) is 2.53. The third kappa shape index (κ3) is 4.83. The molecule has 3 heteroatoms. The second-order valence-electron chi connectivity index (χ2n) is 3.92. The molecule has 3 nitrogen and oxygen atoms in total. The van der Waals surface area contributed by atoms with Crippen molar-refractivity contribution in [2.45, 2.75) is 19.4 Å². The molecule has 0 aromatic heterocycles. The van der Waals surface area contributed by atoms with Gasteiger partial charge in [-0.15, -0.1) is 6.58 Å². The smallest absolute Gasteiger partial charge is 0.223 e. The van der Waals surface area contributed by atoms with E-state index in [4.69, 9.17) is 5.73 Å². The summed E-state index contributed by atoms with van der Waals surface area (Å²) < 4.78 is 0. The Morgan fingerprint density at radius 2 is 2.06 bits per heavy atom. The SMILES string of the molecule is C=CCCC(=O)N(CCN)Cc1ccccc1. The Labute approximate surface area is 103 Å². The molecule has 0 fully saturated rings. The van der Waals surface area contributed by atoms with Gasteiger partial charge in [-0.05, 0) is 12.0 Å². The van der Waals surface area contributed by atoms with Crippen molar-refractivity contribution in [2.24, 2.45) is 5.73 Å². The molecule has 0 radical (unpaired) electrons. The molecular formula is C14H20N2O. The van der Waals surface area contributed by atoms with Gasteiger partial charge >= 0.3 is 0 Å². The first-order valence-corrected chi connectivity index (χ1v) is 5.90. The molecule has 0 aliphatic heterocycles. The largest absolute Gasteiger partial charge is 0.337 e. The van der Waals surface area contributed by atoms with Gasteiger partial charge in [-0.3, -0.25) is 4.79 Å². The highest BCUT2D eigenvalue weighted by atomic mass is 16.2. The predicted molar refractivity (Wildman–Crippen MR) is 70.3 cm³/mol. The van der Waals surface area contributed by atoms with Crippen molar-refractivity contribution in [2.75, 3.05) is 13.1 Å². The van der Waals surface area contributed by atoms with E-state index < -0.39 is 0 Å². The zero-order valence-electron chi connectivity index (χ0n) is 10.1. The fourth-order valence-electron chi connectivity index (χ4n) is 1.64. The van der Waals surface area contributed by atoms with E-state index in [1.807, 2.05) is 30.3 Å². The number of carbonyl (C=O) groups excluding carboxylic acids is 1. The van der Waals surface area contributed by atoms with E-state index in [0.717, 1.165) is 5.56 Å². The van der Waals surface area contributed by atoms with Gasteiger partial charge in [0.25, 0.3) is 0 Å². The van der Waals surface area contributed by atoms with Crippen molar-refractivity contribution < 1.29 is 4.79 Å². The number of amides is 1. The summed E-state index contributed by atoms with van der Waals surface area (Å²) in [6.07, 6.45) is 2.99. The van der Waals surface area contributed by atoms with Crippen LogP contribution in [-0.2, 0) is 11.3 Å². The van der Waals surface area contributed by atoms with E-state index >= 15 is 0 Å². The van der Waals surface area contributed by atoms with Crippen molar-refractivity contribution in [3.8, 4) is 0 Å². The number of nitrogens with zero attached hydrogens (tertiary/aromatic N) is 1. The molecule has 1 rings (SSSR count). The van der Waals surface area contributed by atoms with E-state index in [0.29, 0.717) is 32.5 Å². The minimum atomic E-state index is 0.138. The van der Waals surface area contributed by atoms with Gasteiger partial charge in [0.15, 0.2) is 0 Å². The van der Waals surface area contributed by atoms with E-state index in [-0.39, 0.29) is 5.91 Å². The summed E-state index contributed by atoms with van der Waals surface area (Å²) in [5, 5.41) is 0. The number of nitrogens with two attached hydrogens (primary N) is 1. The maximum Gasteiger partial charge on any atom is 0.223 e. The van der Waals surface area contributed by atoms with Crippen LogP contribution in [0.5, 0.6) is 0 Å². The molecule has 0 saturated heterocycles. The fraction of sp³-hybridized carbons (Fsp3) is 0.357. The standard InChI is InChI=1S/C14H20N2O/c1-2-3-9-14(17)16(11-10-15)12-13-7-5-4-6-8-13/h2,4-8H,1,3,9-12,15H2. The number of hydrogen-bond donors (Lipinski definition) is 1. The van der Waals surface area contributed by atoms with Crippen LogP contribution in [-0.4, -0.2) is 23.9 Å². The van der Waals surface area contributed by atoms with Crippen LogP contribution in [0.2, 0.25) is 0 Å². The lowest BCUT2D eigenvalue weighted by atomic mass is 10.2. The fourth-order valence-corrected chi connectivity index (χ4v) is 1.64. The molecule has 0 atom stereocenters. The summed E-state index contributed by atoms with van der Waals surface area (Å²) in [6, 6.07) is 9.96. The molecule has 1 aromatic carbocycles. The summed E-state index contributed by atoms with van der Waals surface area (Å²) in [5.74, 6) is 0.138. The van der Waals surface area contributed by atoms with Gasteiger partial charge in [-0.1, -0.05) is 36.4 Å². The van der Waals surface area contributed by atoms with E-state index in [1.54, 1.807) is 11.0 Å². The van der Waals surface area contributed by atoms with Crippen LogP contribution in [0.4, 0.5) is 0 Å². The molecule has 0 saturated carbocycles. The lowest BCUT2D eigenvalue weighted by Crippen LogP contribution is -2.34. The Morgan fingerprint density at radius 3 is 2.65 bits per heavy atom. The average Bonchev–Trinajstić information content (AvgIpc) is 2.36. The minimum Gasteiger partial charge on any atom is -0.337 e. The number of rotatable bonds is 7. The summed E-state index contributed by atoms with van der Waals surface area (Å²) in [5.41, 5.74) is 6.67. The van der Waals surface area contributed by atoms with E-state index in [9.17, 15) is 4.79 Å². The van der Waals surface area contributed by atoms with Crippen molar-refractivity contribution in [3.05, 3.63) is 48.6 Å². The van der Waals surface area contributed by atoms with Gasteiger partial charge < -0.3 is 10.6 Å². The molecule has 0 unspecified atom stereocenters. The lowest BCUT2D eigenvalue weighted by molar-refractivity contribution is -0.131. The van der Waals surface area contributed by atoms with Gasteiger partial charge in [0, 0.05) is 26.1 Å².